The van der Waals surface area contributed by atoms with Crippen LogP contribution in [0.1, 0.15) is 23.2 Å². The highest BCUT2D eigenvalue weighted by atomic mass is 32.2. The predicted molar refractivity (Wildman–Crippen MR) is 120 cm³/mol. The number of amides is 2. The highest BCUT2D eigenvalue weighted by molar-refractivity contribution is 7.92. The van der Waals surface area contributed by atoms with Crippen LogP contribution < -0.4 is 15.4 Å². The maximum Gasteiger partial charge on any atom is 0.261 e. The molecule has 0 radical (unpaired) electrons. The molecule has 11 heteroatoms. The van der Waals surface area contributed by atoms with Gasteiger partial charge < -0.3 is 10.6 Å². The van der Waals surface area contributed by atoms with Crippen molar-refractivity contribution in [1.29, 1.82) is 0 Å². The van der Waals surface area contributed by atoms with Crippen molar-refractivity contribution in [2.75, 3.05) is 16.6 Å². The largest absolute Gasteiger partial charge is 0.352 e. The van der Waals surface area contributed by atoms with Gasteiger partial charge in [0.05, 0.1) is 10.5 Å². The van der Waals surface area contributed by atoms with Crippen LogP contribution in [0.25, 0.3) is 0 Å². The molecule has 3 aromatic carbocycles. The van der Waals surface area contributed by atoms with Gasteiger partial charge >= 0.3 is 0 Å². The number of benzene rings is 3. The Morgan fingerprint density at radius 2 is 1.41 bits per heavy atom. The van der Waals surface area contributed by atoms with E-state index in [-0.39, 0.29) is 41.4 Å². The van der Waals surface area contributed by atoms with E-state index in [0.717, 1.165) is 36.4 Å². The summed E-state index contributed by atoms with van der Waals surface area (Å²) in [4.78, 5) is 23.9. The molecule has 2 amide bonds. The van der Waals surface area contributed by atoms with E-state index in [0.29, 0.717) is 11.8 Å². The van der Waals surface area contributed by atoms with Gasteiger partial charge in [-0.2, -0.15) is 0 Å². The van der Waals surface area contributed by atoms with Crippen LogP contribution in [-0.2, 0) is 14.8 Å². The van der Waals surface area contributed by atoms with Crippen molar-refractivity contribution < 1.29 is 31.2 Å². The Bertz CT molecular complexity index is 1280. The molecule has 0 aliphatic carbocycles. The molecule has 0 saturated carbocycles. The molecule has 0 aromatic heterocycles. The highest BCUT2D eigenvalue weighted by Gasteiger charge is 2.15. The lowest BCUT2D eigenvalue weighted by molar-refractivity contribution is -0.116. The summed E-state index contributed by atoms with van der Waals surface area (Å²) in [5.74, 6) is -3.37. The van der Waals surface area contributed by atoms with E-state index in [9.17, 15) is 31.2 Å². The predicted octanol–water partition coefficient (Wildman–Crippen LogP) is 4.05. The number of hydrogen-bond donors (Lipinski definition) is 3. The van der Waals surface area contributed by atoms with Crippen LogP contribution in [0.2, 0.25) is 0 Å². The van der Waals surface area contributed by atoms with Gasteiger partial charge in [0, 0.05) is 30.4 Å². The van der Waals surface area contributed by atoms with Crippen molar-refractivity contribution in [3.63, 3.8) is 0 Å². The molecule has 0 bridgehead atoms. The normalized spacial score (nSPS) is 11.0. The molecular weight excluding hydrogens is 471 g/mol. The van der Waals surface area contributed by atoms with Gasteiger partial charge in [0.25, 0.3) is 15.9 Å². The monoisotopic (exact) mass is 491 g/mol. The number of carbonyl (C=O) groups is 2. The molecule has 0 unspecified atom stereocenters. The van der Waals surface area contributed by atoms with Crippen molar-refractivity contribution in [1.82, 2.24) is 5.32 Å². The van der Waals surface area contributed by atoms with Crippen LogP contribution in [0.4, 0.5) is 24.5 Å². The third-order valence-electron chi connectivity index (χ3n) is 4.59. The number of carbonyl (C=O) groups excluding carboxylic acids is 2. The molecule has 0 saturated heterocycles. The van der Waals surface area contributed by atoms with Gasteiger partial charge in [-0.15, -0.1) is 0 Å². The first-order chi connectivity index (χ1) is 16.1. The molecule has 34 heavy (non-hydrogen) atoms. The second kappa shape index (κ2) is 10.8. The lowest BCUT2D eigenvalue weighted by atomic mass is 10.2. The summed E-state index contributed by atoms with van der Waals surface area (Å²) in [5, 5.41) is 5.09. The van der Waals surface area contributed by atoms with Gasteiger partial charge in [-0.25, -0.2) is 21.6 Å². The number of hydrogen-bond acceptors (Lipinski definition) is 4. The molecule has 0 fully saturated rings. The zero-order valence-corrected chi connectivity index (χ0v) is 18.5. The van der Waals surface area contributed by atoms with Gasteiger partial charge in [0.15, 0.2) is 0 Å². The first-order valence-corrected chi connectivity index (χ1v) is 11.5. The minimum atomic E-state index is -3.89. The molecule has 3 aromatic rings. The average Bonchev–Trinajstić information content (AvgIpc) is 2.78. The highest BCUT2D eigenvalue weighted by Crippen LogP contribution is 2.19. The topological polar surface area (TPSA) is 104 Å². The average molecular weight is 491 g/mol. The summed E-state index contributed by atoms with van der Waals surface area (Å²) >= 11 is 0. The Morgan fingerprint density at radius 1 is 0.794 bits per heavy atom. The van der Waals surface area contributed by atoms with Gasteiger partial charge in [0.2, 0.25) is 5.91 Å². The first kappa shape index (κ1) is 24.8. The second-order valence-corrected chi connectivity index (χ2v) is 8.85. The quantitative estimate of drug-likeness (QED) is 0.393. The summed E-state index contributed by atoms with van der Waals surface area (Å²) in [6.45, 7) is 0.104. The Labute approximate surface area is 194 Å². The third-order valence-corrected chi connectivity index (χ3v) is 5.98. The van der Waals surface area contributed by atoms with E-state index in [4.69, 9.17) is 0 Å². The minimum Gasteiger partial charge on any atom is -0.352 e. The van der Waals surface area contributed by atoms with Crippen LogP contribution >= 0.6 is 0 Å². The summed E-state index contributed by atoms with van der Waals surface area (Å²) in [5.41, 5.74) is 0.381. The molecule has 7 nitrogen and oxygen atoms in total. The van der Waals surface area contributed by atoms with Crippen LogP contribution in [-0.4, -0.2) is 26.8 Å². The van der Waals surface area contributed by atoms with Crippen molar-refractivity contribution in [2.24, 2.45) is 0 Å². The summed E-state index contributed by atoms with van der Waals surface area (Å²) in [7, 11) is -3.89. The van der Waals surface area contributed by atoms with E-state index in [1.165, 1.54) is 24.3 Å². The number of anilines is 2. The van der Waals surface area contributed by atoms with E-state index in [1.807, 2.05) is 0 Å². The van der Waals surface area contributed by atoms with Crippen molar-refractivity contribution in [3.8, 4) is 0 Å². The van der Waals surface area contributed by atoms with Gasteiger partial charge in [-0.3, -0.25) is 14.3 Å². The number of sulfonamides is 1. The SMILES string of the molecule is O=C(CCCNC(=O)c1ccc(F)cc1F)Nc1ccc(NS(=O)(=O)c2ccc(F)cc2)cc1. The van der Waals surface area contributed by atoms with Crippen molar-refractivity contribution in [3.05, 3.63) is 89.7 Å². The summed E-state index contributed by atoms with van der Waals surface area (Å²) in [6.07, 6.45) is 0.334. The van der Waals surface area contributed by atoms with Crippen molar-refractivity contribution in [2.45, 2.75) is 17.7 Å². The fourth-order valence-corrected chi connectivity index (χ4v) is 3.95. The van der Waals surface area contributed by atoms with Gasteiger partial charge in [-0.1, -0.05) is 0 Å². The molecular formula is C23H20F3N3O4S. The van der Waals surface area contributed by atoms with Crippen LogP contribution in [0.15, 0.2) is 71.6 Å². The molecule has 0 atom stereocenters. The minimum absolute atomic E-state index is 0.0606. The fourth-order valence-electron chi connectivity index (χ4n) is 2.89. The Balaban J connectivity index is 1.44. The standard InChI is InChI=1S/C23H20F3N3O4S/c24-15-3-10-19(11-4-15)34(32,33)29-18-8-6-17(7-9-18)28-22(30)2-1-13-27-23(31)20-12-5-16(25)14-21(20)26/h3-12,14,29H,1-2,13H2,(H,27,31)(H,28,30). The molecule has 3 rings (SSSR count). The lowest BCUT2D eigenvalue weighted by Crippen LogP contribution is -2.26. The van der Waals surface area contributed by atoms with Crippen LogP contribution in [0, 0.1) is 17.5 Å². The summed E-state index contributed by atoms with van der Waals surface area (Å²) < 4.78 is 66.5. The number of halogens is 3. The fraction of sp³-hybridized carbons (Fsp3) is 0.130. The van der Waals surface area contributed by atoms with E-state index in [1.54, 1.807) is 0 Å². The Kier molecular flexibility index (Phi) is 7.90. The molecule has 3 N–H and O–H groups in total. The maximum atomic E-state index is 13.6. The molecule has 0 aliphatic heterocycles. The Hall–Kier alpha value is -3.86. The van der Waals surface area contributed by atoms with Crippen LogP contribution in [0.5, 0.6) is 0 Å². The Morgan fingerprint density at radius 3 is 2.06 bits per heavy atom. The van der Waals surface area contributed by atoms with E-state index >= 15 is 0 Å². The first-order valence-electron chi connectivity index (χ1n) is 10.1. The molecule has 0 heterocycles. The van der Waals surface area contributed by atoms with Crippen LogP contribution in [0.3, 0.4) is 0 Å². The van der Waals surface area contributed by atoms with E-state index in [2.05, 4.69) is 15.4 Å². The van der Waals surface area contributed by atoms with Gasteiger partial charge in [0.1, 0.15) is 17.5 Å². The number of nitrogens with one attached hydrogen (secondary N) is 3. The smallest absolute Gasteiger partial charge is 0.261 e. The molecule has 0 spiro atoms. The summed E-state index contributed by atoms with van der Waals surface area (Å²) in [6, 6.07) is 12.9. The zero-order valence-electron chi connectivity index (χ0n) is 17.6. The molecule has 0 aliphatic rings. The van der Waals surface area contributed by atoms with Crippen molar-refractivity contribution >= 4 is 33.2 Å². The van der Waals surface area contributed by atoms with Gasteiger partial charge in [-0.05, 0) is 67.1 Å². The number of rotatable bonds is 9. The zero-order chi connectivity index (χ0) is 24.7. The molecule has 178 valence electrons. The van der Waals surface area contributed by atoms with E-state index < -0.39 is 33.4 Å². The third kappa shape index (κ3) is 6.82. The maximum absolute atomic E-state index is 13.6. The second-order valence-electron chi connectivity index (χ2n) is 7.17. The lowest BCUT2D eigenvalue weighted by Gasteiger charge is -2.10.